The summed E-state index contributed by atoms with van der Waals surface area (Å²) in [7, 11) is 6.12. The van der Waals surface area contributed by atoms with Gasteiger partial charge in [-0.15, -0.1) is 0 Å². The first-order valence-electron chi connectivity index (χ1n) is 8.41. The first kappa shape index (κ1) is 17.1. The summed E-state index contributed by atoms with van der Waals surface area (Å²) in [5.74, 6) is 1.08. The van der Waals surface area contributed by atoms with Crippen molar-refractivity contribution in [3.63, 3.8) is 0 Å². The maximum Gasteiger partial charge on any atom is 0.229 e. The van der Waals surface area contributed by atoms with E-state index in [1.54, 1.807) is 0 Å². The summed E-state index contributed by atoms with van der Waals surface area (Å²) < 4.78 is 5.37. The van der Waals surface area contributed by atoms with Gasteiger partial charge >= 0.3 is 0 Å². The van der Waals surface area contributed by atoms with Gasteiger partial charge in [0.1, 0.15) is 0 Å². The number of nitrogens with zero attached hydrogens (tertiary/aromatic N) is 4. The highest BCUT2D eigenvalue weighted by atomic mass is 16.5. The van der Waals surface area contributed by atoms with Gasteiger partial charge in [-0.1, -0.05) is 29.4 Å². The van der Waals surface area contributed by atoms with Gasteiger partial charge in [0, 0.05) is 18.7 Å². The molecule has 3 rings (SSSR count). The Bertz CT molecular complexity index is 668. The molecule has 1 N–H and O–H groups in total. The third-order valence-corrected chi connectivity index (χ3v) is 4.41. The lowest BCUT2D eigenvalue weighted by Gasteiger charge is -2.36. The molecule has 1 atom stereocenters. The van der Waals surface area contributed by atoms with E-state index in [1.165, 1.54) is 5.56 Å². The molecule has 1 unspecified atom stereocenters. The lowest BCUT2D eigenvalue weighted by atomic mass is 9.90. The van der Waals surface area contributed by atoms with Crippen LogP contribution >= 0.6 is 0 Å². The molecule has 130 valence electrons. The van der Waals surface area contributed by atoms with Crippen LogP contribution in [0, 0.1) is 0 Å². The van der Waals surface area contributed by atoms with E-state index in [2.05, 4.69) is 32.1 Å². The zero-order valence-electron chi connectivity index (χ0n) is 14.7. The number of likely N-dealkylation sites (N-methyl/N-ethyl adjacent to an activating group) is 1. The van der Waals surface area contributed by atoms with Gasteiger partial charge < -0.3 is 19.4 Å². The molecule has 0 amide bonds. The number of aromatic nitrogens is 2. The Labute approximate surface area is 143 Å². The fourth-order valence-electron chi connectivity index (χ4n) is 3.33. The molecule has 0 bridgehead atoms. The number of hydrogen-bond acceptors (Lipinski definition) is 6. The third kappa shape index (κ3) is 4.20. The van der Waals surface area contributed by atoms with Crippen LogP contribution < -0.4 is 0 Å². The molecule has 1 aromatic carbocycles. The van der Waals surface area contributed by atoms with Gasteiger partial charge in [0.05, 0.1) is 12.0 Å². The fraction of sp³-hybridized carbons (Fsp3) is 0.556. The van der Waals surface area contributed by atoms with E-state index in [0.717, 1.165) is 31.5 Å². The van der Waals surface area contributed by atoms with Crippen molar-refractivity contribution < 1.29 is 9.63 Å². The van der Waals surface area contributed by atoms with E-state index in [-0.39, 0.29) is 0 Å². The summed E-state index contributed by atoms with van der Waals surface area (Å²) in [4.78, 5) is 8.74. The van der Waals surface area contributed by atoms with Gasteiger partial charge in [-0.25, -0.2) is 0 Å². The van der Waals surface area contributed by atoms with Crippen LogP contribution in [0.3, 0.4) is 0 Å². The van der Waals surface area contributed by atoms with Gasteiger partial charge in [0.25, 0.3) is 0 Å². The van der Waals surface area contributed by atoms with Gasteiger partial charge in [-0.3, -0.25) is 0 Å². The third-order valence-electron chi connectivity index (χ3n) is 4.41. The lowest BCUT2D eigenvalue weighted by Crippen LogP contribution is -2.47. The zero-order chi connectivity index (χ0) is 17.2. The second kappa shape index (κ2) is 7.01. The standard InChI is InChI=1S/C18H26N4O2/c1-21(2)12-14-5-7-15(8-6-14)17-19-16(24-20-17)11-18(23)9-4-10-22(3)13-18/h5-8,23H,4,9-13H2,1-3H3. The van der Waals surface area contributed by atoms with Crippen molar-refractivity contribution in [1.82, 2.24) is 19.9 Å². The number of hydrogen-bond donors (Lipinski definition) is 1. The molecule has 2 aromatic rings. The molecule has 1 fully saturated rings. The summed E-state index contributed by atoms with van der Waals surface area (Å²) in [6.45, 7) is 2.57. The molecule has 1 aliphatic rings. The van der Waals surface area contributed by atoms with Gasteiger partial charge in [-0.05, 0) is 46.1 Å². The summed E-state index contributed by atoms with van der Waals surface area (Å²) in [5.41, 5.74) is 1.40. The number of rotatable bonds is 5. The predicted molar refractivity (Wildman–Crippen MR) is 92.5 cm³/mol. The molecular weight excluding hydrogens is 304 g/mol. The molecule has 1 aliphatic heterocycles. The molecule has 6 heteroatoms. The second-order valence-electron chi connectivity index (χ2n) is 7.19. The van der Waals surface area contributed by atoms with Crippen molar-refractivity contribution in [2.75, 3.05) is 34.2 Å². The highest BCUT2D eigenvalue weighted by molar-refractivity contribution is 5.54. The van der Waals surface area contributed by atoms with Crippen LogP contribution in [0.25, 0.3) is 11.4 Å². The number of benzene rings is 1. The van der Waals surface area contributed by atoms with Crippen LogP contribution in [0.2, 0.25) is 0 Å². The molecule has 0 saturated carbocycles. The summed E-state index contributed by atoms with van der Waals surface area (Å²) in [5, 5.41) is 14.8. The quantitative estimate of drug-likeness (QED) is 0.902. The summed E-state index contributed by atoms with van der Waals surface area (Å²) in [6, 6.07) is 8.18. The minimum atomic E-state index is -0.771. The van der Waals surface area contributed by atoms with Crippen molar-refractivity contribution >= 4 is 0 Å². The van der Waals surface area contributed by atoms with E-state index < -0.39 is 5.60 Å². The number of aliphatic hydroxyl groups is 1. The molecule has 0 aliphatic carbocycles. The van der Waals surface area contributed by atoms with Crippen molar-refractivity contribution in [3.05, 3.63) is 35.7 Å². The monoisotopic (exact) mass is 330 g/mol. The highest BCUT2D eigenvalue weighted by Gasteiger charge is 2.34. The molecule has 0 spiro atoms. The molecular formula is C18H26N4O2. The van der Waals surface area contributed by atoms with Crippen molar-refractivity contribution in [2.45, 2.75) is 31.4 Å². The Balaban J connectivity index is 1.69. The van der Waals surface area contributed by atoms with E-state index in [1.807, 2.05) is 33.3 Å². The Hall–Kier alpha value is -1.76. The van der Waals surface area contributed by atoms with Crippen LogP contribution in [0.1, 0.15) is 24.3 Å². The van der Waals surface area contributed by atoms with Gasteiger partial charge in [0.15, 0.2) is 0 Å². The second-order valence-corrected chi connectivity index (χ2v) is 7.19. The first-order chi connectivity index (χ1) is 11.4. The van der Waals surface area contributed by atoms with Crippen LogP contribution in [0.5, 0.6) is 0 Å². The largest absolute Gasteiger partial charge is 0.388 e. The fourth-order valence-corrected chi connectivity index (χ4v) is 3.33. The first-order valence-corrected chi connectivity index (χ1v) is 8.41. The van der Waals surface area contributed by atoms with Gasteiger partial charge in [0.2, 0.25) is 11.7 Å². The van der Waals surface area contributed by atoms with Crippen molar-refractivity contribution in [1.29, 1.82) is 0 Å². The molecule has 24 heavy (non-hydrogen) atoms. The van der Waals surface area contributed by atoms with E-state index in [4.69, 9.17) is 4.52 Å². The number of piperidine rings is 1. The lowest BCUT2D eigenvalue weighted by molar-refractivity contribution is -0.0274. The SMILES string of the molecule is CN(C)Cc1ccc(-c2noc(CC3(O)CCCN(C)C3)n2)cc1. The maximum absolute atomic E-state index is 10.7. The molecule has 1 saturated heterocycles. The van der Waals surface area contributed by atoms with Crippen LogP contribution in [0.15, 0.2) is 28.8 Å². The highest BCUT2D eigenvalue weighted by Crippen LogP contribution is 2.25. The normalized spacial score (nSPS) is 22.2. The Morgan fingerprint density at radius 3 is 2.71 bits per heavy atom. The summed E-state index contributed by atoms with van der Waals surface area (Å²) in [6.07, 6.45) is 2.17. The van der Waals surface area contributed by atoms with Crippen LogP contribution in [0.4, 0.5) is 0 Å². The van der Waals surface area contributed by atoms with Crippen molar-refractivity contribution in [3.8, 4) is 11.4 Å². The van der Waals surface area contributed by atoms with Crippen LogP contribution in [-0.4, -0.2) is 64.9 Å². The predicted octanol–water partition coefficient (Wildman–Crippen LogP) is 1.80. The van der Waals surface area contributed by atoms with E-state index in [9.17, 15) is 5.11 Å². The average Bonchev–Trinajstić information content (AvgIpc) is 2.94. The Morgan fingerprint density at radius 1 is 1.29 bits per heavy atom. The Kier molecular flexibility index (Phi) is 4.99. The topological polar surface area (TPSA) is 65.6 Å². The van der Waals surface area contributed by atoms with Crippen LogP contribution in [-0.2, 0) is 13.0 Å². The minimum absolute atomic E-state index is 0.406. The van der Waals surface area contributed by atoms with Gasteiger partial charge in [-0.2, -0.15) is 4.98 Å². The molecule has 6 nitrogen and oxygen atoms in total. The smallest absolute Gasteiger partial charge is 0.229 e. The minimum Gasteiger partial charge on any atom is -0.388 e. The zero-order valence-corrected chi connectivity index (χ0v) is 14.7. The maximum atomic E-state index is 10.7. The van der Waals surface area contributed by atoms with E-state index >= 15 is 0 Å². The number of likely N-dealkylation sites (tertiary alicyclic amines) is 1. The average molecular weight is 330 g/mol. The molecule has 0 radical (unpaired) electrons. The summed E-state index contributed by atoms with van der Waals surface area (Å²) >= 11 is 0. The number of β-amino-alcohol motifs (C(OH)–C–C–N with tert-alkyl or cyclic N) is 1. The molecule has 2 heterocycles. The van der Waals surface area contributed by atoms with E-state index in [0.29, 0.717) is 24.7 Å². The molecule has 1 aromatic heterocycles. The van der Waals surface area contributed by atoms with Crippen molar-refractivity contribution in [2.24, 2.45) is 0 Å². The Morgan fingerprint density at radius 2 is 2.04 bits per heavy atom.